The minimum Gasteiger partial charge on any atom is -0.460 e. The molecule has 2 rings (SSSR count). The number of hydrogen-bond acceptors (Lipinski definition) is 5. The van der Waals surface area contributed by atoms with Gasteiger partial charge in [-0.1, -0.05) is 42.5 Å². The van der Waals surface area contributed by atoms with E-state index in [0.717, 1.165) is 5.56 Å². The molecular weight excluding hydrogens is 370 g/mol. The molecule has 0 spiro atoms. The molecule has 0 N–H and O–H groups in total. The van der Waals surface area contributed by atoms with E-state index in [1.165, 1.54) is 4.90 Å². The van der Waals surface area contributed by atoms with E-state index >= 15 is 0 Å². The molecule has 158 valence electrons. The summed E-state index contributed by atoms with van der Waals surface area (Å²) in [6, 6.07) is 9.38. The SMILES string of the molecule is CN1CC(c2ccccc2)OC(=O)CC/C=C/CC(CC(=O)OC(C)(C)C)C1=O. The number of hydrogen-bond donors (Lipinski definition) is 0. The van der Waals surface area contributed by atoms with Gasteiger partial charge in [-0.3, -0.25) is 14.4 Å². The number of cyclic esters (lactones) is 1. The van der Waals surface area contributed by atoms with Crippen LogP contribution in [0.2, 0.25) is 0 Å². The van der Waals surface area contributed by atoms with Crippen LogP contribution in [0.15, 0.2) is 42.5 Å². The van der Waals surface area contributed by atoms with Gasteiger partial charge in [0.25, 0.3) is 0 Å². The van der Waals surface area contributed by atoms with Crippen LogP contribution in [0.25, 0.3) is 0 Å². The topological polar surface area (TPSA) is 72.9 Å². The van der Waals surface area contributed by atoms with Crippen LogP contribution in [-0.2, 0) is 23.9 Å². The van der Waals surface area contributed by atoms with E-state index in [9.17, 15) is 14.4 Å². The molecule has 0 bridgehead atoms. The first-order valence-electron chi connectivity index (χ1n) is 10.0. The first-order valence-corrected chi connectivity index (χ1v) is 10.0. The van der Waals surface area contributed by atoms with Crippen LogP contribution in [0.1, 0.15) is 58.1 Å². The van der Waals surface area contributed by atoms with Gasteiger partial charge in [-0.05, 0) is 39.2 Å². The standard InChI is InChI=1S/C23H31NO5/c1-23(2,3)29-21(26)15-18-13-9-6-10-14-20(25)28-19(16-24(4)22(18)27)17-11-7-5-8-12-17/h5-9,11-12,18-19H,10,13-16H2,1-4H3/b9-6+. The predicted octanol–water partition coefficient (Wildman–Crippen LogP) is 3.82. The minimum atomic E-state index is -0.597. The summed E-state index contributed by atoms with van der Waals surface area (Å²) in [5, 5.41) is 0. The number of likely N-dealkylation sites (N-methyl/N-ethyl adjacent to an activating group) is 1. The van der Waals surface area contributed by atoms with E-state index in [0.29, 0.717) is 12.8 Å². The molecule has 0 fully saturated rings. The van der Waals surface area contributed by atoms with Crippen molar-refractivity contribution in [2.45, 2.75) is 58.2 Å². The Morgan fingerprint density at radius 1 is 1.17 bits per heavy atom. The summed E-state index contributed by atoms with van der Waals surface area (Å²) in [5.41, 5.74) is 0.233. The lowest BCUT2D eigenvalue weighted by Crippen LogP contribution is -2.38. The molecule has 0 saturated heterocycles. The predicted molar refractivity (Wildman–Crippen MR) is 110 cm³/mol. The van der Waals surface area contributed by atoms with Crippen molar-refractivity contribution in [1.29, 1.82) is 0 Å². The summed E-state index contributed by atoms with van der Waals surface area (Å²) >= 11 is 0. The summed E-state index contributed by atoms with van der Waals surface area (Å²) in [6.07, 6.45) is 4.40. The van der Waals surface area contributed by atoms with Gasteiger partial charge >= 0.3 is 11.9 Å². The molecule has 1 aliphatic rings. The van der Waals surface area contributed by atoms with Crippen molar-refractivity contribution in [3.05, 3.63) is 48.0 Å². The number of carbonyl (C=O) groups is 3. The summed E-state index contributed by atoms with van der Waals surface area (Å²) in [7, 11) is 1.67. The smallest absolute Gasteiger partial charge is 0.307 e. The van der Waals surface area contributed by atoms with Crippen LogP contribution in [0.5, 0.6) is 0 Å². The highest BCUT2D eigenvalue weighted by Gasteiger charge is 2.29. The first-order chi connectivity index (χ1) is 13.7. The molecule has 1 amide bonds. The molecule has 6 heteroatoms. The average molecular weight is 402 g/mol. The maximum atomic E-state index is 13.1. The number of carbonyl (C=O) groups excluding carboxylic acids is 3. The molecule has 0 aliphatic carbocycles. The lowest BCUT2D eigenvalue weighted by molar-refractivity contribution is -0.158. The lowest BCUT2D eigenvalue weighted by atomic mass is 9.98. The van der Waals surface area contributed by atoms with Crippen molar-refractivity contribution in [1.82, 2.24) is 4.90 Å². The quantitative estimate of drug-likeness (QED) is 0.569. The minimum absolute atomic E-state index is 0.0145. The molecule has 0 saturated carbocycles. The van der Waals surface area contributed by atoms with Crippen LogP contribution in [0.3, 0.4) is 0 Å². The van der Waals surface area contributed by atoms with E-state index in [2.05, 4.69) is 0 Å². The number of esters is 2. The number of nitrogens with zero attached hydrogens (tertiary/aromatic N) is 1. The van der Waals surface area contributed by atoms with Crippen LogP contribution in [0.4, 0.5) is 0 Å². The molecular formula is C23H31NO5. The van der Waals surface area contributed by atoms with Gasteiger partial charge in [0.1, 0.15) is 11.7 Å². The molecule has 1 aromatic carbocycles. The molecule has 29 heavy (non-hydrogen) atoms. The molecule has 0 radical (unpaired) electrons. The molecule has 2 atom stereocenters. The third-order valence-electron chi connectivity index (χ3n) is 4.55. The second-order valence-electron chi connectivity index (χ2n) is 8.34. The zero-order chi connectivity index (χ0) is 21.4. The van der Waals surface area contributed by atoms with Crippen molar-refractivity contribution in [2.75, 3.05) is 13.6 Å². The number of amides is 1. The Morgan fingerprint density at radius 2 is 1.86 bits per heavy atom. The molecule has 2 unspecified atom stereocenters. The summed E-state index contributed by atoms with van der Waals surface area (Å²) in [4.78, 5) is 39.1. The highest BCUT2D eigenvalue weighted by molar-refractivity contribution is 5.84. The second-order valence-corrected chi connectivity index (χ2v) is 8.34. The fraction of sp³-hybridized carbons (Fsp3) is 0.522. The van der Waals surface area contributed by atoms with Crippen LogP contribution in [-0.4, -0.2) is 41.9 Å². The molecule has 1 aromatic rings. The third-order valence-corrected chi connectivity index (χ3v) is 4.55. The molecule has 0 aromatic heterocycles. The Kier molecular flexibility index (Phi) is 8.00. The molecule has 1 heterocycles. The zero-order valence-electron chi connectivity index (χ0n) is 17.7. The maximum Gasteiger partial charge on any atom is 0.307 e. The van der Waals surface area contributed by atoms with Gasteiger partial charge in [-0.2, -0.15) is 0 Å². The monoisotopic (exact) mass is 401 g/mol. The van der Waals surface area contributed by atoms with E-state index in [-0.39, 0.29) is 31.3 Å². The Hall–Kier alpha value is -2.63. The first kappa shape index (κ1) is 22.7. The van der Waals surface area contributed by atoms with E-state index in [1.54, 1.807) is 27.8 Å². The fourth-order valence-corrected chi connectivity index (χ4v) is 3.18. The van der Waals surface area contributed by atoms with Crippen molar-refractivity contribution >= 4 is 17.8 Å². The molecule has 1 aliphatic heterocycles. The van der Waals surface area contributed by atoms with Crippen LogP contribution >= 0.6 is 0 Å². The van der Waals surface area contributed by atoms with Crippen molar-refractivity contribution in [3.63, 3.8) is 0 Å². The maximum absolute atomic E-state index is 13.1. The van der Waals surface area contributed by atoms with Gasteiger partial charge in [0.15, 0.2) is 0 Å². The van der Waals surface area contributed by atoms with Gasteiger partial charge in [-0.15, -0.1) is 0 Å². The normalized spacial score (nSPS) is 22.8. The van der Waals surface area contributed by atoms with E-state index in [1.807, 2.05) is 42.5 Å². The fourth-order valence-electron chi connectivity index (χ4n) is 3.18. The van der Waals surface area contributed by atoms with Gasteiger partial charge < -0.3 is 14.4 Å². The van der Waals surface area contributed by atoms with E-state index < -0.39 is 23.6 Å². The van der Waals surface area contributed by atoms with Gasteiger partial charge in [-0.25, -0.2) is 0 Å². The number of rotatable bonds is 3. The van der Waals surface area contributed by atoms with Crippen molar-refractivity contribution < 1.29 is 23.9 Å². The lowest BCUT2D eigenvalue weighted by Gasteiger charge is -2.28. The molecule has 6 nitrogen and oxygen atoms in total. The van der Waals surface area contributed by atoms with Crippen LogP contribution < -0.4 is 0 Å². The summed E-state index contributed by atoms with van der Waals surface area (Å²) in [6.45, 7) is 5.64. The van der Waals surface area contributed by atoms with Crippen molar-refractivity contribution in [3.8, 4) is 0 Å². The van der Waals surface area contributed by atoms with Gasteiger partial charge in [0.2, 0.25) is 5.91 Å². The Labute approximate surface area is 172 Å². The largest absolute Gasteiger partial charge is 0.460 e. The Bertz CT molecular complexity index is 735. The number of benzene rings is 1. The highest BCUT2D eigenvalue weighted by atomic mass is 16.6. The second kappa shape index (κ2) is 10.2. The summed E-state index contributed by atoms with van der Waals surface area (Å²) < 4.78 is 11.1. The number of allylic oxidation sites excluding steroid dienone is 2. The van der Waals surface area contributed by atoms with Gasteiger partial charge in [0, 0.05) is 13.5 Å². The average Bonchev–Trinajstić information content (AvgIpc) is 2.64. The van der Waals surface area contributed by atoms with Crippen molar-refractivity contribution in [2.24, 2.45) is 5.92 Å². The Balaban J connectivity index is 2.20. The highest BCUT2D eigenvalue weighted by Crippen LogP contribution is 2.23. The zero-order valence-corrected chi connectivity index (χ0v) is 17.7. The van der Waals surface area contributed by atoms with E-state index in [4.69, 9.17) is 9.47 Å². The Morgan fingerprint density at radius 3 is 2.52 bits per heavy atom. The number of ether oxygens (including phenoxy) is 2. The van der Waals surface area contributed by atoms with Crippen LogP contribution in [0, 0.1) is 5.92 Å². The van der Waals surface area contributed by atoms with Gasteiger partial charge in [0.05, 0.1) is 18.9 Å². The summed E-state index contributed by atoms with van der Waals surface area (Å²) in [5.74, 6) is -1.37. The third kappa shape index (κ3) is 7.72.